The van der Waals surface area contributed by atoms with E-state index < -0.39 is 71.0 Å². The Hall–Kier alpha value is -3.54. The molecule has 1 saturated carbocycles. The van der Waals surface area contributed by atoms with Gasteiger partial charge in [0.2, 0.25) is 0 Å². The lowest BCUT2D eigenvalue weighted by atomic mass is 9.75. The highest BCUT2D eigenvalue weighted by molar-refractivity contribution is 5.88. The Kier molecular flexibility index (Phi) is 11.6. The van der Waals surface area contributed by atoms with E-state index in [9.17, 15) is 29.4 Å². The Balaban J connectivity index is 1.85. The third-order valence-electron chi connectivity index (χ3n) is 10.1. The maximum Gasteiger partial charge on any atom is 0.341 e. The third-order valence-corrected chi connectivity index (χ3v) is 10.1. The van der Waals surface area contributed by atoms with Gasteiger partial charge in [-0.15, -0.1) is 0 Å². The summed E-state index contributed by atoms with van der Waals surface area (Å²) in [6.45, 7) is 11.0. The molecule has 1 aromatic carbocycles. The maximum atomic E-state index is 13.4. The predicted octanol–water partition coefficient (Wildman–Crippen LogP) is 4.80. The molecule has 0 aromatic heterocycles. The van der Waals surface area contributed by atoms with Gasteiger partial charge in [0.15, 0.2) is 29.5 Å². The number of aliphatic hydroxyl groups is 2. The van der Waals surface area contributed by atoms with Gasteiger partial charge in [-0.2, -0.15) is 0 Å². The highest BCUT2D eigenvalue weighted by Gasteiger charge is 2.75. The SMILES string of the molecule is C/C=C(/C)C(=O)O[C@H]1C(C)=C2[C@H]([C@@H]1OC(=O)CCCCCCC)[C@@](C)(OC(C)=O)C[C@@H](OCc1ccccc1)[C@@]1(O)[C@H]2OC(=O)[C@@]1(C)O. The fraction of sp³-hybridized carbons (Fsp3) is 0.622. The van der Waals surface area contributed by atoms with Crippen LogP contribution in [-0.4, -0.2) is 75.3 Å². The molecule has 8 atom stereocenters. The largest absolute Gasteiger partial charge is 0.459 e. The van der Waals surface area contributed by atoms with E-state index in [0.717, 1.165) is 38.2 Å². The Morgan fingerprint density at radius 3 is 2.31 bits per heavy atom. The number of esters is 4. The van der Waals surface area contributed by atoms with Crippen molar-refractivity contribution in [3.8, 4) is 0 Å². The summed E-state index contributed by atoms with van der Waals surface area (Å²) >= 11 is 0. The smallest absolute Gasteiger partial charge is 0.341 e. The van der Waals surface area contributed by atoms with E-state index in [2.05, 4.69) is 6.92 Å². The molecule has 3 aliphatic rings. The summed E-state index contributed by atoms with van der Waals surface area (Å²) in [6.07, 6.45) is 0.730. The van der Waals surface area contributed by atoms with Crippen molar-refractivity contribution in [2.24, 2.45) is 5.92 Å². The van der Waals surface area contributed by atoms with Crippen molar-refractivity contribution in [3.05, 3.63) is 58.7 Å². The van der Waals surface area contributed by atoms with Gasteiger partial charge in [-0.3, -0.25) is 9.59 Å². The van der Waals surface area contributed by atoms with Crippen LogP contribution in [0.25, 0.3) is 0 Å². The minimum atomic E-state index is -2.46. The lowest BCUT2D eigenvalue weighted by Crippen LogP contribution is -2.64. The first-order chi connectivity index (χ1) is 22.6. The van der Waals surface area contributed by atoms with E-state index in [0.29, 0.717) is 17.6 Å². The van der Waals surface area contributed by atoms with E-state index in [1.165, 1.54) is 6.92 Å². The molecular formula is C37H50O11. The van der Waals surface area contributed by atoms with Gasteiger partial charge < -0.3 is 33.9 Å². The molecule has 2 aliphatic carbocycles. The van der Waals surface area contributed by atoms with Crippen LogP contribution >= 0.6 is 0 Å². The third kappa shape index (κ3) is 7.09. The number of allylic oxidation sites excluding steroid dienone is 1. The predicted molar refractivity (Wildman–Crippen MR) is 174 cm³/mol. The van der Waals surface area contributed by atoms with Crippen molar-refractivity contribution < 1.29 is 53.1 Å². The van der Waals surface area contributed by atoms with Gasteiger partial charge in [-0.25, -0.2) is 9.59 Å². The second kappa shape index (κ2) is 14.9. The number of unbranched alkanes of at least 4 members (excludes halogenated alkanes) is 4. The van der Waals surface area contributed by atoms with Crippen LogP contribution in [0, 0.1) is 5.92 Å². The summed E-state index contributed by atoms with van der Waals surface area (Å²) in [5.74, 6) is -4.00. The number of carbonyl (C=O) groups excluding carboxylic acids is 4. The minimum absolute atomic E-state index is 0.0109. The number of ether oxygens (including phenoxy) is 5. The molecule has 0 bridgehead atoms. The van der Waals surface area contributed by atoms with Gasteiger partial charge in [-0.05, 0) is 57.7 Å². The Morgan fingerprint density at radius 1 is 1.02 bits per heavy atom. The van der Waals surface area contributed by atoms with E-state index >= 15 is 0 Å². The van der Waals surface area contributed by atoms with E-state index in [4.69, 9.17) is 23.7 Å². The van der Waals surface area contributed by atoms with Crippen LogP contribution in [0.2, 0.25) is 0 Å². The number of hydrogen-bond donors (Lipinski definition) is 2. The van der Waals surface area contributed by atoms with Gasteiger partial charge in [0.05, 0.1) is 18.6 Å². The molecule has 2 fully saturated rings. The molecule has 11 heteroatoms. The Bertz CT molecular complexity index is 1430. The maximum absolute atomic E-state index is 13.4. The van der Waals surface area contributed by atoms with E-state index in [1.807, 2.05) is 30.3 Å². The molecule has 4 rings (SSSR count). The van der Waals surface area contributed by atoms with Gasteiger partial charge >= 0.3 is 23.9 Å². The van der Waals surface area contributed by atoms with Crippen molar-refractivity contribution in [2.45, 2.75) is 141 Å². The average molecular weight is 671 g/mol. The Labute approximate surface area is 282 Å². The van der Waals surface area contributed by atoms with E-state index in [-0.39, 0.29) is 25.0 Å². The topological polar surface area (TPSA) is 155 Å². The van der Waals surface area contributed by atoms with Crippen LogP contribution < -0.4 is 0 Å². The van der Waals surface area contributed by atoms with Gasteiger partial charge in [0.1, 0.15) is 5.60 Å². The molecule has 48 heavy (non-hydrogen) atoms. The molecule has 0 amide bonds. The normalized spacial score (nSPS) is 33.0. The first-order valence-electron chi connectivity index (χ1n) is 16.9. The van der Waals surface area contributed by atoms with Crippen LogP contribution in [0.1, 0.15) is 99.0 Å². The van der Waals surface area contributed by atoms with Crippen molar-refractivity contribution in [1.29, 1.82) is 0 Å². The summed E-state index contributed by atoms with van der Waals surface area (Å²) in [6, 6.07) is 9.13. The van der Waals surface area contributed by atoms with Crippen molar-refractivity contribution in [2.75, 3.05) is 0 Å². The molecule has 2 N–H and O–H groups in total. The van der Waals surface area contributed by atoms with Crippen LogP contribution in [0.15, 0.2) is 53.1 Å². The summed E-state index contributed by atoms with van der Waals surface area (Å²) < 4.78 is 30.3. The van der Waals surface area contributed by atoms with Crippen LogP contribution in [0.4, 0.5) is 0 Å². The zero-order valence-corrected chi connectivity index (χ0v) is 29.1. The van der Waals surface area contributed by atoms with Gasteiger partial charge in [-0.1, -0.05) is 69.0 Å². The summed E-state index contributed by atoms with van der Waals surface area (Å²) in [5, 5.41) is 24.2. The highest BCUT2D eigenvalue weighted by Crippen LogP contribution is 2.57. The monoisotopic (exact) mass is 670 g/mol. The molecule has 11 nitrogen and oxygen atoms in total. The van der Waals surface area contributed by atoms with E-state index in [1.54, 1.807) is 33.8 Å². The average Bonchev–Trinajstić information content (AvgIpc) is 3.37. The first-order valence-corrected chi connectivity index (χ1v) is 16.9. The second-order valence-corrected chi connectivity index (χ2v) is 13.6. The molecular weight excluding hydrogens is 620 g/mol. The fourth-order valence-electron chi connectivity index (χ4n) is 7.30. The van der Waals surface area contributed by atoms with Gasteiger partial charge in [0.25, 0.3) is 0 Å². The summed E-state index contributed by atoms with van der Waals surface area (Å²) in [7, 11) is 0. The lowest BCUT2D eigenvalue weighted by Gasteiger charge is -2.42. The molecule has 264 valence electrons. The Morgan fingerprint density at radius 2 is 1.69 bits per heavy atom. The molecule has 0 spiro atoms. The molecule has 1 aliphatic heterocycles. The molecule has 1 saturated heterocycles. The number of benzene rings is 1. The quantitative estimate of drug-likeness (QED) is 0.0978. The number of hydrogen-bond acceptors (Lipinski definition) is 11. The summed E-state index contributed by atoms with van der Waals surface area (Å²) in [5.41, 5.74) is -4.77. The standard InChI is InChI=1S/C37H50O11/c1-8-10-11-12-16-19-27(39)45-31-29-28(23(4)30(31)46-33(40)22(3)9-2)32-37(43,36(7,42)34(41)47-32)26(20-35(29,6)48-24(5)38)44-21-25-17-14-13-15-18-25/h9,13-15,17-18,26,29-32,42-43H,8,10-12,16,19-21H2,1-7H3/b22-9-/t26-,29-,30+,31+,32+,35+,36-,37-/m1/s1. The highest BCUT2D eigenvalue weighted by atomic mass is 16.6. The second-order valence-electron chi connectivity index (χ2n) is 13.6. The number of fused-ring (bicyclic) bond motifs is 3. The van der Waals surface area contributed by atoms with Crippen molar-refractivity contribution >= 4 is 23.9 Å². The molecule has 0 radical (unpaired) electrons. The van der Waals surface area contributed by atoms with Crippen LogP contribution in [-0.2, 0) is 49.5 Å². The first kappa shape index (κ1) is 37.3. The molecule has 1 aromatic rings. The lowest BCUT2D eigenvalue weighted by molar-refractivity contribution is -0.213. The number of rotatable bonds is 13. The van der Waals surface area contributed by atoms with Crippen LogP contribution in [0.5, 0.6) is 0 Å². The van der Waals surface area contributed by atoms with Crippen molar-refractivity contribution in [1.82, 2.24) is 0 Å². The van der Waals surface area contributed by atoms with Crippen LogP contribution in [0.3, 0.4) is 0 Å². The van der Waals surface area contributed by atoms with Crippen molar-refractivity contribution in [3.63, 3.8) is 0 Å². The summed E-state index contributed by atoms with van der Waals surface area (Å²) in [4.78, 5) is 52.7. The minimum Gasteiger partial charge on any atom is -0.459 e. The molecule has 0 unspecified atom stereocenters. The molecule has 1 heterocycles. The van der Waals surface area contributed by atoms with Gasteiger partial charge in [0, 0.05) is 25.3 Å². The number of carbonyl (C=O) groups is 4. The zero-order chi connectivity index (χ0) is 35.4. The fourth-order valence-corrected chi connectivity index (χ4v) is 7.30. The zero-order valence-electron chi connectivity index (χ0n) is 29.1.